The quantitative estimate of drug-likeness (QED) is 0.299. The second-order valence-electron chi connectivity index (χ2n) is 7.79. The molecule has 1 amide bonds. The number of phenolic OH excluding ortho intramolecular Hbond substituents is 2. The first-order chi connectivity index (χ1) is 13.8. The molecule has 0 saturated carbocycles. The van der Waals surface area contributed by atoms with Gasteiger partial charge in [0, 0.05) is 12.1 Å². The molecule has 0 aliphatic carbocycles. The SMILES string of the molecule is C=CCNC(=O)c1c(CCCCC)cc(O)c(CC=C(C)CCC=C(C)C)c1O. The Bertz CT molecular complexity index is 756. The standard InChI is InChI=1S/C25H37NO3/c1-6-8-9-13-20-17-22(27)21(15-14-19(5)12-10-11-18(3)4)24(28)23(20)25(29)26-16-7-2/h7,11,14,17,27-28H,2,6,8-10,12-13,15-16H2,1,3-5H3,(H,26,29). The lowest BCUT2D eigenvalue weighted by molar-refractivity contribution is 0.0954. The first-order valence-electron chi connectivity index (χ1n) is 10.6. The molecule has 160 valence electrons. The Balaban J connectivity index is 3.15. The Morgan fingerprint density at radius 2 is 1.90 bits per heavy atom. The highest BCUT2D eigenvalue weighted by Crippen LogP contribution is 2.35. The van der Waals surface area contributed by atoms with Gasteiger partial charge in [-0.2, -0.15) is 0 Å². The normalized spacial score (nSPS) is 11.2. The fourth-order valence-corrected chi connectivity index (χ4v) is 3.19. The molecular formula is C25H37NO3. The summed E-state index contributed by atoms with van der Waals surface area (Å²) in [6, 6.07) is 1.64. The number of allylic oxidation sites excluding steroid dienone is 4. The van der Waals surface area contributed by atoms with Crippen molar-refractivity contribution < 1.29 is 15.0 Å². The maximum absolute atomic E-state index is 12.7. The topological polar surface area (TPSA) is 69.6 Å². The monoisotopic (exact) mass is 399 g/mol. The molecule has 0 aliphatic rings. The molecule has 1 rings (SSSR count). The van der Waals surface area contributed by atoms with E-state index in [1.54, 1.807) is 12.1 Å². The third-order valence-electron chi connectivity index (χ3n) is 4.89. The molecular weight excluding hydrogens is 362 g/mol. The lowest BCUT2D eigenvalue weighted by Gasteiger charge is -2.16. The highest BCUT2D eigenvalue weighted by Gasteiger charge is 2.21. The van der Waals surface area contributed by atoms with Crippen LogP contribution in [-0.4, -0.2) is 22.7 Å². The van der Waals surface area contributed by atoms with Gasteiger partial charge in [0.2, 0.25) is 0 Å². The molecule has 0 heterocycles. The zero-order valence-electron chi connectivity index (χ0n) is 18.5. The van der Waals surface area contributed by atoms with E-state index in [1.165, 1.54) is 11.1 Å². The van der Waals surface area contributed by atoms with E-state index in [0.29, 0.717) is 30.5 Å². The van der Waals surface area contributed by atoms with Crippen LogP contribution in [0.15, 0.2) is 42.0 Å². The van der Waals surface area contributed by atoms with Gasteiger partial charge in [-0.3, -0.25) is 4.79 Å². The number of aromatic hydroxyl groups is 2. The Morgan fingerprint density at radius 3 is 2.52 bits per heavy atom. The molecule has 0 aliphatic heterocycles. The zero-order chi connectivity index (χ0) is 21.8. The average Bonchev–Trinajstić information content (AvgIpc) is 2.65. The number of amides is 1. The molecule has 4 nitrogen and oxygen atoms in total. The van der Waals surface area contributed by atoms with Crippen LogP contribution in [0, 0.1) is 0 Å². The Labute approximate surface area is 176 Å². The van der Waals surface area contributed by atoms with E-state index in [4.69, 9.17) is 0 Å². The second kappa shape index (κ2) is 12.9. The van der Waals surface area contributed by atoms with Crippen molar-refractivity contribution in [1.29, 1.82) is 0 Å². The third-order valence-corrected chi connectivity index (χ3v) is 4.89. The maximum atomic E-state index is 12.7. The Hall–Kier alpha value is -2.49. The van der Waals surface area contributed by atoms with Crippen LogP contribution in [0.25, 0.3) is 0 Å². The highest BCUT2D eigenvalue weighted by atomic mass is 16.3. The molecule has 0 radical (unpaired) electrons. The first kappa shape index (κ1) is 24.5. The van der Waals surface area contributed by atoms with Crippen molar-refractivity contribution >= 4 is 5.91 Å². The second-order valence-corrected chi connectivity index (χ2v) is 7.79. The fourth-order valence-electron chi connectivity index (χ4n) is 3.19. The van der Waals surface area contributed by atoms with Gasteiger partial charge in [0.15, 0.2) is 0 Å². The van der Waals surface area contributed by atoms with Crippen LogP contribution in [0.4, 0.5) is 0 Å². The number of nitrogens with one attached hydrogen (secondary N) is 1. The van der Waals surface area contributed by atoms with Gasteiger partial charge in [0.25, 0.3) is 5.91 Å². The fraction of sp³-hybridized carbons (Fsp3) is 0.480. The van der Waals surface area contributed by atoms with Crippen molar-refractivity contribution in [2.24, 2.45) is 0 Å². The molecule has 1 aromatic rings. The van der Waals surface area contributed by atoms with Crippen molar-refractivity contribution in [3.63, 3.8) is 0 Å². The number of aryl methyl sites for hydroxylation is 1. The van der Waals surface area contributed by atoms with Crippen LogP contribution >= 0.6 is 0 Å². The van der Waals surface area contributed by atoms with Gasteiger partial charge in [-0.25, -0.2) is 0 Å². The van der Waals surface area contributed by atoms with Gasteiger partial charge >= 0.3 is 0 Å². The van der Waals surface area contributed by atoms with Crippen molar-refractivity contribution in [1.82, 2.24) is 5.32 Å². The van der Waals surface area contributed by atoms with Crippen molar-refractivity contribution in [3.8, 4) is 11.5 Å². The van der Waals surface area contributed by atoms with Gasteiger partial charge in [-0.15, -0.1) is 6.58 Å². The molecule has 0 unspecified atom stereocenters. The number of rotatable bonds is 12. The number of benzene rings is 1. The summed E-state index contributed by atoms with van der Waals surface area (Å²) in [5, 5.41) is 24.1. The van der Waals surface area contributed by atoms with E-state index in [2.05, 4.69) is 38.7 Å². The summed E-state index contributed by atoms with van der Waals surface area (Å²) in [4.78, 5) is 12.7. The number of hydrogen-bond acceptors (Lipinski definition) is 3. The minimum Gasteiger partial charge on any atom is -0.508 e. The number of hydrogen-bond donors (Lipinski definition) is 3. The molecule has 0 fully saturated rings. The van der Waals surface area contributed by atoms with Crippen molar-refractivity contribution in [3.05, 3.63) is 58.7 Å². The summed E-state index contributed by atoms with van der Waals surface area (Å²) < 4.78 is 0. The highest BCUT2D eigenvalue weighted by molar-refractivity contribution is 5.99. The maximum Gasteiger partial charge on any atom is 0.255 e. The molecule has 0 aromatic heterocycles. The van der Waals surface area contributed by atoms with E-state index in [-0.39, 0.29) is 23.0 Å². The van der Waals surface area contributed by atoms with Crippen LogP contribution in [0.2, 0.25) is 0 Å². The number of phenols is 2. The molecule has 4 heteroatoms. The van der Waals surface area contributed by atoms with Crippen molar-refractivity contribution in [2.45, 2.75) is 72.6 Å². The molecule has 0 spiro atoms. The smallest absolute Gasteiger partial charge is 0.255 e. The Morgan fingerprint density at radius 1 is 1.17 bits per heavy atom. The van der Waals surface area contributed by atoms with Crippen molar-refractivity contribution in [2.75, 3.05) is 6.54 Å². The molecule has 1 aromatic carbocycles. The molecule has 0 atom stereocenters. The summed E-state index contributed by atoms with van der Waals surface area (Å²) in [5.41, 5.74) is 3.83. The number of carbonyl (C=O) groups excluding carboxylic acids is 1. The van der Waals surface area contributed by atoms with Gasteiger partial charge < -0.3 is 15.5 Å². The van der Waals surface area contributed by atoms with E-state index >= 15 is 0 Å². The summed E-state index contributed by atoms with van der Waals surface area (Å²) in [6.45, 7) is 12.3. The van der Waals surface area contributed by atoms with Gasteiger partial charge in [0.1, 0.15) is 11.5 Å². The lowest BCUT2D eigenvalue weighted by atomic mass is 9.94. The summed E-state index contributed by atoms with van der Waals surface area (Å²) in [5.74, 6) is -0.409. The summed E-state index contributed by atoms with van der Waals surface area (Å²) in [7, 11) is 0. The first-order valence-corrected chi connectivity index (χ1v) is 10.6. The van der Waals surface area contributed by atoms with E-state index in [9.17, 15) is 15.0 Å². The molecule has 29 heavy (non-hydrogen) atoms. The van der Waals surface area contributed by atoms with Gasteiger partial charge in [0.05, 0.1) is 5.56 Å². The lowest BCUT2D eigenvalue weighted by Crippen LogP contribution is -2.25. The molecule has 3 N–H and O–H groups in total. The third kappa shape index (κ3) is 8.18. The van der Waals surface area contributed by atoms with Gasteiger partial charge in [-0.05, 0) is 64.5 Å². The van der Waals surface area contributed by atoms with Crippen LogP contribution in [-0.2, 0) is 12.8 Å². The van der Waals surface area contributed by atoms with Gasteiger partial charge in [-0.1, -0.05) is 49.1 Å². The zero-order valence-corrected chi connectivity index (χ0v) is 18.5. The summed E-state index contributed by atoms with van der Waals surface area (Å²) in [6.07, 6.45) is 11.7. The predicted molar refractivity (Wildman–Crippen MR) is 122 cm³/mol. The van der Waals surface area contributed by atoms with Crippen LogP contribution in [0.3, 0.4) is 0 Å². The average molecular weight is 400 g/mol. The van der Waals surface area contributed by atoms with Crippen LogP contribution < -0.4 is 5.32 Å². The minimum absolute atomic E-state index is 0.0441. The number of unbranched alkanes of at least 4 members (excludes halogenated alkanes) is 2. The minimum atomic E-state index is -0.334. The van der Waals surface area contributed by atoms with E-state index < -0.39 is 0 Å². The molecule has 0 bridgehead atoms. The largest absolute Gasteiger partial charge is 0.508 e. The molecule has 0 saturated heterocycles. The summed E-state index contributed by atoms with van der Waals surface area (Å²) >= 11 is 0. The predicted octanol–water partition coefficient (Wildman–Crippen LogP) is 5.98. The van der Waals surface area contributed by atoms with Crippen LogP contribution in [0.1, 0.15) is 81.3 Å². The number of carbonyl (C=O) groups is 1. The van der Waals surface area contributed by atoms with Crippen LogP contribution in [0.5, 0.6) is 11.5 Å². The Kier molecular flexibility index (Phi) is 10.9. The van der Waals surface area contributed by atoms with E-state index in [1.807, 2.05) is 13.0 Å². The van der Waals surface area contributed by atoms with E-state index in [0.717, 1.165) is 32.1 Å².